The topological polar surface area (TPSA) is 102 Å². The second-order valence-electron chi connectivity index (χ2n) is 6.58. The number of carbonyl (C=O) groups is 1. The molecule has 3 aromatic heterocycles. The molecule has 0 spiro atoms. The lowest BCUT2D eigenvalue weighted by atomic mass is 10.2. The Morgan fingerprint density at radius 3 is 2.43 bits per heavy atom. The van der Waals surface area contributed by atoms with Crippen molar-refractivity contribution >= 4 is 11.9 Å². The third kappa shape index (κ3) is 4.70. The van der Waals surface area contributed by atoms with Gasteiger partial charge in [-0.15, -0.1) is 4.80 Å². The molecule has 0 aliphatic carbocycles. The molecule has 0 radical (unpaired) electrons. The first-order chi connectivity index (χ1) is 14.2. The van der Waals surface area contributed by atoms with Crippen molar-refractivity contribution in [3.63, 3.8) is 0 Å². The quantitative estimate of drug-likeness (QED) is 0.653. The van der Waals surface area contributed by atoms with Crippen molar-refractivity contribution in [1.29, 1.82) is 0 Å². The molecule has 12 heteroatoms. The van der Waals surface area contributed by atoms with E-state index in [1.165, 1.54) is 22.1 Å². The van der Waals surface area contributed by atoms with E-state index in [2.05, 4.69) is 30.5 Å². The number of alkyl halides is 3. The number of rotatable bonds is 6. The number of likely N-dealkylation sites (N-methyl/N-ethyl adjacent to an activating group) is 1. The first-order valence-electron chi connectivity index (χ1n) is 8.91. The largest absolute Gasteiger partial charge is 0.419 e. The van der Waals surface area contributed by atoms with Gasteiger partial charge in [0.25, 0.3) is 5.91 Å². The van der Waals surface area contributed by atoms with E-state index in [0.29, 0.717) is 23.8 Å². The number of carbonyl (C=O) groups excluding carboxylic acids is 1. The Hall–Kier alpha value is -3.57. The summed E-state index contributed by atoms with van der Waals surface area (Å²) in [6.07, 6.45) is -0.104. The molecule has 9 nitrogen and oxygen atoms in total. The lowest BCUT2D eigenvalue weighted by molar-refractivity contribution is -0.138. The molecule has 0 aromatic carbocycles. The number of aromatic nitrogens is 6. The Morgan fingerprint density at radius 1 is 1.20 bits per heavy atom. The van der Waals surface area contributed by atoms with Crippen molar-refractivity contribution in [2.75, 3.05) is 18.9 Å². The lowest BCUT2D eigenvalue weighted by Gasteiger charge is -2.25. The molecule has 1 amide bonds. The molecule has 0 fully saturated rings. The predicted molar refractivity (Wildman–Crippen MR) is 101 cm³/mol. The number of hydrogen-bond acceptors (Lipinski definition) is 7. The van der Waals surface area contributed by atoms with Crippen LogP contribution in [0.1, 0.15) is 28.7 Å². The predicted octanol–water partition coefficient (Wildman–Crippen LogP) is 2.35. The summed E-state index contributed by atoms with van der Waals surface area (Å²) in [5, 5.41) is 10.9. The number of halogens is 3. The van der Waals surface area contributed by atoms with Crippen LogP contribution < -0.4 is 5.32 Å². The van der Waals surface area contributed by atoms with Crippen LogP contribution in [-0.4, -0.2) is 60.4 Å². The molecule has 30 heavy (non-hydrogen) atoms. The Morgan fingerprint density at radius 2 is 1.83 bits per heavy atom. The molecule has 1 N–H and O–H groups in total. The van der Waals surface area contributed by atoms with Crippen LogP contribution >= 0.6 is 0 Å². The molecule has 158 valence electrons. The fourth-order valence-electron chi connectivity index (χ4n) is 2.52. The van der Waals surface area contributed by atoms with Gasteiger partial charge in [-0.2, -0.15) is 23.4 Å². The van der Waals surface area contributed by atoms with Gasteiger partial charge in [-0.1, -0.05) is 0 Å². The summed E-state index contributed by atoms with van der Waals surface area (Å²) in [6, 6.07) is 3.12. The van der Waals surface area contributed by atoms with E-state index < -0.39 is 11.7 Å². The Balaban J connectivity index is 1.70. The van der Waals surface area contributed by atoms with E-state index in [4.69, 9.17) is 0 Å². The normalized spacial score (nSPS) is 12.5. The van der Waals surface area contributed by atoms with Gasteiger partial charge >= 0.3 is 6.18 Å². The Labute approximate surface area is 170 Å². The number of anilines is 1. The summed E-state index contributed by atoms with van der Waals surface area (Å²) < 4.78 is 37.8. The average Bonchev–Trinajstić information content (AvgIpc) is 3.25. The van der Waals surface area contributed by atoms with Crippen LogP contribution in [0.25, 0.3) is 5.69 Å². The Bertz CT molecular complexity index is 1010. The summed E-state index contributed by atoms with van der Waals surface area (Å²) in [5.41, 5.74) is 0.352. The van der Waals surface area contributed by atoms with Crippen molar-refractivity contribution in [2.45, 2.75) is 26.1 Å². The molecule has 1 atom stereocenters. The van der Waals surface area contributed by atoms with E-state index in [9.17, 15) is 18.0 Å². The van der Waals surface area contributed by atoms with Crippen molar-refractivity contribution in [3.8, 4) is 5.69 Å². The molecule has 0 aliphatic rings. The lowest BCUT2D eigenvalue weighted by Crippen LogP contribution is -2.40. The maximum absolute atomic E-state index is 13.0. The fraction of sp³-hybridized carbons (Fsp3) is 0.333. The van der Waals surface area contributed by atoms with Crippen molar-refractivity contribution in [3.05, 3.63) is 53.9 Å². The van der Waals surface area contributed by atoms with Gasteiger partial charge in [-0.05, 0) is 26.0 Å². The third-order valence-electron chi connectivity index (χ3n) is 4.37. The molecular weight excluding hydrogens is 401 g/mol. The van der Waals surface area contributed by atoms with E-state index in [-0.39, 0.29) is 30.1 Å². The van der Waals surface area contributed by atoms with Crippen LogP contribution in [0.5, 0.6) is 0 Å². The summed E-state index contributed by atoms with van der Waals surface area (Å²) >= 11 is 0. The highest BCUT2D eigenvalue weighted by atomic mass is 19.4. The van der Waals surface area contributed by atoms with Gasteiger partial charge in [0.1, 0.15) is 5.69 Å². The number of amides is 1. The van der Waals surface area contributed by atoms with Crippen molar-refractivity contribution < 1.29 is 18.0 Å². The highest BCUT2D eigenvalue weighted by Crippen LogP contribution is 2.28. The second kappa shape index (κ2) is 8.43. The first-order valence-corrected chi connectivity index (χ1v) is 8.91. The SMILES string of the molecule is Cc1ccc(-n2nccn2)c(C(=O)N(C)C(C)CNc2ncc(C(F)(F)F)cn2)n1. The molecule has 1 unspecified atom stereocenters. The molecule has 0 saturated heterocycles. The van der Waals surface area contributed by atoms with Crippen LogP contribution in [0.2, 0.25) is 0 Å². The van der Waals surface area contributed by atoms with E-state index >= 15 is 0 Å². The van der Waals surface area contributed by atoms with Gasteiger partial charge < -0.3 is 10.2 Å². The highest BCUT2D eigenvalue weighted by Gasteiger charge is 2.31. The summed E-state index contributed by atoms with van der Waals surface area (Å²) in [5.74, 6) is -0.320. The van der Waals surface area contributed by atoms with Gasteiger partial charge in [0, 0.05) is 37.7 Å². The molecule has 0 saturated carbocycles. The van der Waals surface area contributed by atoms with Crippen LogP contribution in [-0.2, 0) is 6.18 Å². The van der Waals surface area contributed by atoms with Gasteiger partial charge in [0.15, 0.2) is 5.69 Å². The minimum absolute atomic E-state index is 0.0332. The smallest absolute Gasteiger partial charge is 0.352 e. The number of hydrogen-bond donors (Lipinski definition) is 1. The van der Waals surface area contributed by atoms with E-state index in [0.717, 1.165) is 0 Å². The minimum Gasteiger partial charge on any atom is -0.352 e. The number of nitrogens with zero attached hydrogens (tertiary/aromatic N) is 7. The van der Waals surface area contributed by atoms with E-state index in [1.807, 2.05) is 0 Å². The van der Waals surface area contributed by atoms with Gasteiger partial charge in [0.05, 0.1) is 18.0 Å². The number of aryl methyl sites for hydroxylation is 1. The summed E-state index contributed by atoms with van der Waals surface area (Å²) in [6.45, 7) is 3.76. The molecule has 0 aliphatic heterocycles. The zero-order valence-electron chi connectivity index (χ0n) is 16.4. The summed E-state index contributed by atoms with van der Waals surface area (Å²) in [7, 11) is 1.60. The molecule has 3 heterocycles. The van der Waals surface area contributed by atoms with Gasteiger partial charge in [0.2, 0.25) is 5.95 Å². The maximum Gasteiger partial charge on any atom is 0.419 e. The standard InChI is InChI=1S/C18H19F3N8O/c1-11-4-5-14(29-25-6-7-26-29)15(27-11)16(30)28(3)12(2)8-22-17-23-9-13(10-24-17)18(19,20)21/h4-7,9-10,12H,8H2,1-3H3,(H,22,23,24). The first kappa shape index (κ1) is 21.1. The van der Waals surface area contributed by atoms with Crippen molar-refractivity contribution in [1.82, 2.24) is 34.8 Å². The maximum atomic E-state index is 13.0. The summed E-state index contributed by atoms with van der Waals surface area (Å²) in [4.78, 5) is 27.5. The Kier molecular flexibility index (Phi) is 5.94. The third-order valence-corrected chi connectivity index (χ3v) is 4.37. The zero-order chi connectivity index (χ0) is 21.9. The fourth-order valence-corrected chi connectivity index (χ4v) is 2.52. The van der Waals surface area contributed by atoms with E-state index in [1.54, 1.807) is 33.0 Å². The molecule has 3 aromatic rings. The molecule has 0 bridgehead atoms. The average molecular weight is 420 g/mol. The highest BCUT2D eigenvalue weighted by molar-refractivity contribution is 5.95. The second-order valence-corrected chi connectivity index (χ2v) is 6.58. The van der Waals surface area contributed by atoms with Crippen LogP contribution in [0.15, 0.2) is 36.9 Å². The number of pyridine rings is 1. The van der Waals surface area contributed by atoms with Gasteiger partial charge in [-0.25, -0.2) is 15.0 Å². The molecule has 3 rings (SSSR count). The number of nitrogens with one attached hydrogen (secondary N) is 1. The monoisotopic (exact) mass is 420 g/mol. The minimum atomic E-state index is -4.50. The zero-order valence-corrected chi connectivity index (χ0v) is 16.4. The van der Waals surface area contributed by atoms with Crippen LogP contribution in [0.4, 0.5) is 19.1 Å². The van der Waals surface area contributed by atoms with Crippen molar-refractivity contribution in [2.24, 2.45) is 0 Å². The molecular formula is C18H19F3N8O. The van der Waals surface area contributed by atoms with Crippen LogP contribution in [0, 0.1) is 6.92 Å². The van der Waals surface area contributed by atoms with Gasteiger partial charge in [-0.3, -0.25) is 4.79 Å². The van der Waals surface area contributed by atoms with Crippen LogP contribution in [0.3, 0.4) is 0 Å².